The van der Waals surface area contributed by atoms with Crippen molar-refractivity contribution in [2.24, 2.45) is 5.92 Å². The Hall–Kier alpha value is -1.62. The molecule has 6 heteroatoms. The van der Waals surface area contributed by atoms with Crippen molar-refractivity contribution in [1.82, 2.24) is 10.3 Å². The quantitative estimate of drug-likeness (QED) is 0.898. The molecule has 0 unspecified atom stereocenters. The van der Waals surface area contributed by atoms with Gasteiger partial charge in [-0.25, -0.2) is 0 Å². The molecule has 0 saturated heterocycles. The molecule has 0 spiro atoms. The summed E-state index contributed by atoms with van der Waals surface area (Å²) in [5.41, 5.74) is 1.10. The Balaban J connectivity index is 1.96. The number of nitrogens with zero attached hydrogens (tertiary/aromatic N) is 1. The lowest BCUT2D eigenvalue weighted by molar-refractivity contribution is -0.142. The molecule has 0 bridgehead atoms. The number of carbonyl (C=O) groups excluding carboxylic acids is 1. The summed E-state index contributed by atoms with van der Waals surface area (Å²) in [5.74, 6) is -1.22. The van der Waals surface area contributed by atoms with Crippen LogP contribution in [-0.4, -0.2) is 28.0 Å². The van der Waals surface area contributed by atoms with Crippen molar-refractivity contribution in [3.8, 4) is 0 Å². The number of carbonyl (C=O) groups is 2. The van der Waals surface area contributed by atoms with Gasteiger partial charge >= 0.3 is 5.97 Å². The van der Waals surface area contributed by atoms with Crippen LogP contribution in [0.2, 0.25) is 5.02 Å². The number of aromatic nitrogens is 1. The third-order valence-corrected chi connectivity index (χ3v) is 3.92. The maximum Gasteiger partial charge on any atom is 0.306 e. The monoisotopic (exact) mass is 296 g/mol. The lowest BCUT2D eigenvalue weighted by Gasteiger charge is -2.27. The number of carboxylic acids is 1. The van der Waals surface area contributed by atoms with Crippen molar-refractivity contribution in [3.05, 3.63) is 28.5 Å². The Labute approximate surface area is 122 Å². The third-order valence-electron chi connectivity index (χ3n) is 3.71. The van der Waals surface area contributed by atoms with Gasteiger partial charge in [-0.3, -0.25) is 14.6 Å². The molecule has 1 amide bonds. The smallest absolute Gasteiger partial charge is 0.306 e. The summed E-state index contributed by atoms with van der Waals surface area (Å²) in [6.45, 7) is 1.76. The van der Waals surface area contributed by atoms with Gasteiger partial charge in [0.2, 0.25) is 0 Å². The molecule has 5 nitrogen and oxygen atoms in total. The number of carboxylic acid groups (broad SMARTS) is 1. The first-order valence-electron chi connectivity index (χ1n) is 6.63. The first kappa shape index (κ1) is 14.8. The summed E-state index contributed by atoms with van der Waals surface area (Å²) < 4.78 is 0. The third kappa shape index (κ3) is 3.48. The average molecular weight is 297 g/mol. The number of halogens is 1. The fourth-order valence-electron chi connectivity index (χ4n) is 2.49. The van der Waals surface area contributed by atoms with Gasteiger partial charge in [-0.15, -0.1) is 0 Å². The zero-order valence-corrected chi connectivity index (χ0v) is 12.0. The first-order valence-corrected chi connectivity index (χ1v) is 7.01. The maximum absolute atomic E-state index is 12.2. The van der Waals surface area contributed by atoms with Crippen LogP contribution in [-0.2, 0) is 4.79 Å². The van der Waals surface area contributed by atoms with Crippen LogP contribution >= 0.6 is 11.6 Å². The largest absolute Gasteiger partial charge is 0.481 e. The van der Waals surface area contributed by atoms with E-state index in [0.29, 0.717) is 42.0 Å². The second-order valence-corrected chi connectivity index (χ2v) is 5.58. The van der Waals surface area contributed by atoms with Gasteiger partial charge in [0.05, 0.1) is 22.2 Å². The lowest BCUT2D eigenvalue weighted by Crippen LogP contribution is -2.39. The van der Waals surface area contributed by atoms with E-state index < -0.39 is 5.97 Å². The van der Waals surface area contributed by atoms with Crippen LogP contribution < -0.4 is 5.32 Å². The lowest BCUT2D eigenvalue weighted by atomic mass is 9.86. The van der Waals surface area contributed by atoms with Crippen molar-refractivity contribution in [2.45, 2.75) is 38.6 Å². The van der Waals surface area contributed by atoms with Gasteiger partial charge in [-0.1, -0.05) is 11.6 Å². The van der Waals surface area contributed by atoms with Crippen LogP contribution in [0.25, 0.3) is 0 Å². The van der Waals surface area contributed by atoms with Gasteiger partial charge in [-0.2, -0.15) is 0 Å². The predicted molar refractivity (Wildman–Crippen MR) is 74.8 cm³/mol. The zero-order valence-electron chi connectivity index (χ0n) is 11.2. The van der Waals surface area contributed by atoms with E-state index in [0.717, 1.165) is 0 Å². The molecule has 1 aliphatic carbocycles. The topological polar surface area (TPSA) is 79.3 Å². The Bertz CT molecular complexity index is 525. The van der Waals surface area contributed by atoms with Gasteiger partial charge in [0, 0.05) is 12.2 Å². The van der Waals surface area contributed by atoms with Crippen molar-refractivity contribution in [2.75, 3.05) is 0 Å². The highest BCUT2D eigenvalue weighted by atomic mass is 35.5. The summed E-state index contributed by atoms with van der Waals surface area (Å²) >= 11 is 5.85. The van der Waals surface area contributed by atoms with E-state index in [1.54, 1.807) is 13.0 Å². The minimum Gasteiger partial charge on any atom is -0.481 e. The van der Waals surface area contributed by atoms with E-state index in [1.807, 2.05) is 0 Å². The average Bonchev–Trinajstić information content (AvgIpc) is 2.42. The van der Waals surface area contributed by atoms with Crippen LogP contribution in [0.4, 0.5) is 0 Å². The molecule has 0 aliphatic heterocycles. The van der Waals surface area contributed by atoms with Crippen LogP contribution in [0.5, 0.6) is 0 Å². The van der Waals surface area contributed by atoms with Gasteiger partial charge in [0.1, 0.15) is 0 Å². The van der Waals surface area contributed by atoms with Crippen molar-refractivity contribution < 1.29 is 14.7 Å². The number of rotatable bonds is 3. The minimum atomic E-state index is -0.746. The molecule has 20 heavy (non-hydrogen) atoms. The van der Waals surface area contributed by atoms with E-state index in [2.05, 4.69) is 10.3 Å². The second kappa shape index (κ2) is 6.22. The Morgan fingerprint density at radius 2 is 2.00 bits per heavy atom. The SMILES string of the molecule is Cc1ncc(Cl)cc1C(=O)NC1CCC(C(=O)O)CC1. The molecular formula is C14H17ClN2O3. The number of hydrogen-bond donors (Lipinski definition) is 2. The molecule has 0 aromatic carbocycles. The van der Waals surface area contributed by atoms with Crippen LogP contribution in [0.1, 0.15) is 41.7 Å². The molecule has 1 heterocycles. The van der Waals surface area contributed by atoms with Gasteiger partial charge in [0.25, 0.3) is 5.91 Å². The molecule has 1 fully saturated rings. The summed E-state index contributed by atoms with van der Waals surface area (Å²) in [5, 5.41) is 12.3. The van der Waals surface area contributed by atoms with Crippen LogP contribution in [0, 0.1) is 12.8 Å². The normalized spacial score (nSPS) is 22.3. The fraction of sp³-hybridized carbons (Fsp3) is 0.500. The number of amides is 1. The number of hydrogen-bond acceptors (Lipinski definition) is 3. The number of pyridine rings is 1. The first-order chi connectivity index (χ1) is 9.47. The molecular weight excluding hydrogens is 280 g/mol. The van der Waals surface area contributed by atoms with E-state index in [9.17, 15) is 9.59 Å². The molecule has 108 valence electrons. The summed E-state index contributed by atoms with van der Waals surface area (Å²) in [4.78, 5) is 27.1. The van der Waals surface area contributed by atoms with Gasteiger partial charge in [0.15, 0.2) is 0 Å². The van der Waals surface area contributed by atoms with E-state index in [1.165, 1.54) is 6.20 Å². The Morgan fingerprint density at radius 3 is 2.60 bits per heavy atom. The molecule has 1 aromatic heterocycles. The summed E-state index contributed by atoms with van der Waals surface area (Å²) in [6, 6.07) is 1.62. The highest BCUT2D eigenvalue weighted by Gasteiger charge is 2.27. The van der Waals surface area contributed by atoms with Crippen molar-refractivity contribution >= 4 is 23.5 Å². The van der Waals surface area contributed by atoms with Gasteiger partial charge < -0.3 is 10.4 Å². The Kier molecular flexibility index (Phi) is 4.60. The number of aryl methyl sites for hydroxylation is 1. The van der Waals surface area contributed by atoms with Gasteiger partial charge in [-0.05, 0) is 38.7 Å². The minimum absolute atomic E-state index is 0.0245. The van der Waals surface area contributed by atoms with Crippen LogP contribution in [0.15, 0.2) is 12.3 Å². The molecule has 2 N–H and O–H groups in total. The Morgan fingerprint density at radius 1 is 1.35 bits per heavy atom. The molecule has 0 radical (unpaired) electrons. The second-order valence-electron chi connectivity index (χ2n) is 5.15. The van der Waals surface area contributed by atoms with Crippen LogP contribution in [0.3, 0.4) is 0 Å². The highest BCUT2D eigenvalue weighted by Crippen LogP contribution is 2.24. The molecule has 1 aromatic rings. The molecule has 2 rings (SSSR count). The standard InChI is InChI=1S/C14H17ClN2O3/c1-8-12(6-10(15)7-16-8)13(18)17-11-4-2-9(3-5-11)14(19)20/h6-7,9,11H,2-5H2,1H3,(H,17,18)(H,19,20). The maximum atomic E-state index is 12.2. The molecule has 1 aliphatic rings. The van der Waals surface area contributed by atoms with Crippen molar-refractivity contribution in [1.29, 1.82) is 0 Å². The zero-order chi connectivity index (χ0) is 14.7. The van der Waals surface area contributed by atoms with E-state index in [4.69, 9.17) is 16.7 Å². The highest BCUT2D eigenvalue weighted by molar-refractivity contribution is 6.30. The number of nitrogens with one attached hydrogen (secondary N) is 1. The molecule has 1 saturated carbocycles. The number of aliphatic carboxylic acids is 1. The predicted octanol–water partition coefficient (Wildman–Crippen LogP) is 2.42. The summed E-state index contributed by atoms with van der Waals surface area (Å²) in [7, 11) is 0. The summed E-state index contributed by atoms with van der Waals surface area (Å²) in [6.07, 6.45) is 4.09. The van der Waals surface area contributed by atoms with Crippen molar-refractivity contribution in [3.63, 3.8) is 0 Å². The fourth-order valence-corrected chi connectivity index (χ4v) is 2.64. The molecule has 0 atom stereocenters. The van der Waals surface area contributed by atoms with E-state index in [-0.39, 0.29) is 17.9 Å². The van der Waals surface area contributed by atoms with E-state index >= 15 is 0 Å².